The van der Waals surface area contributed by atoms with Gasteiger partial charge >= 0.3 is 0 Å². The molecule has 0 unspecified atom stereocenters. The van der Waals surface area contributed by atoms with Crippen LogP contribution in [0.1, 0.15) is 18.4 Å². The van der Waals surface area contributed by atoms with Crippen molar-refractivity contribution >= 4 is 37.9 Å². The summed E-state index contributed by atoms with van der Waals surface area (Å²) in [6, 6.07) is 5.67. The molecular formula is C17H20ClFN2O2S. The first kappa shape index (κ1) is 17.4. The topological polar surface area (TPSA) is 50.3 Å². The summed E-state index contributed by atoms with van der Waals surface area (Å²) in [5.74, 6) is 0.150. The van der Waals surface area contributed by atoms with Crippen LogP contribution >= 0.6 is 11.6 Å². The fourth-order valence-electron chi connectivity index (χ4n) is 3.31. The molecule has 0 bridgehead atoms. The predicted molar refractivity (Wildman–Crippen MR) is 96.6 cm³/mol. The molecule has 7 heteroatoms. The van der Waals surface area contributed by atoms with Gasteiger partial charge in [-0.3, -0.25) is 4.39 Å². The minimum absolute atomic E-state index is 0.153. The van der Waals surface area contributed by atoms with Gasteiger partial charge in [0, 0.05) is 48.5 Å². The Morgan fingerprint density at radius 1 is 1.38 bits per heavy atom. The molecule has 1 aliphatic rings. The summed E-state index contributed by atoms with van der Waals surface area (Å²) in [4.78, 5) is 6.30. The lowest BCUT2D eigenvalue weighted by atomic mass is 9.93. The average Bonchev–Trinajstić information content (AvgIpc) is 2.48. The van der Waals surface area contributed by atoms with Crippen molar-refractivity contribution in [3.63, 3.8) is 0 Å². The van der Waals surface area contributed by atoms with Gasteiger partial charge in [-0.15, -0.1) is 0 Å². The molecule has 1 aromatic carbocycles. The zero-order chi connectivity index (χ0) is 17.5. The zero-order valence-electron chi connectivity index (χ0n) is 13.7. The lowest BCUT2D eigenvalue weighted by Crippen LogP contribution is -2.49. The Labute approximate surface area is 146 Å². The first-order chi connectivity index (χ1) is 11.3. The van der Waals surface area contributed by atoms with Crippen LogP contribution in [0.2, 0.25) is 5.15 Å². The van der Waals surface area contributed by atoms with E-state index in [4.69, 9.17) is 11.6 Å². The number of pyridine rings is 1. The average molecular weight is 371 g/mol. The maximum Gasteiger partial charge on any atom is 0.147 e. The maximum atomic E-state index is 13.1. The summed E-state index contributed by atoms with van der Waals surface area (Å²) in [7, 11) is -2.96. The molecule has 1 aliphatic heterocycles. The summed E-state index contributed by atoms with van der Waals surface area (Å²) in [6.45, 7) is 2.80. The molecule has 4 nitrogen and oxygen atoms in total. The molecule has 3 rings (SSSR count). The highest BCUT2D eigenvalue weighted by Gasteiger charge is 2.31. The summed E-state index contributed by atoms with van der Waals surface area (Å²) in [5.41, 5.74) is 1.91. The van der Waals surface area contributed by atoms with E-state index in [2.05, 4.69) is 9.88 Å². The number of rotatable bonds is 5. The van der Waals surface area contributed by atoms with Crippen molar-refractivity contribution < 1.29 is 12.8 Å². The SMILES string of the molecule is C[C@@H](CF)c1ccc(N2CC(CS(C)(=O)=O)C2)c2cnc(Cl)cc12. The smallest absolute Gasteiger partial charge is 0.147 e. The lowest BCUT2D eigenvalue weighted by molar-refractivity contribution is 0.444. The molecular weight excluding hydrogens is 351 g/mol. The number of fused-ring (bicyclic) bond motifs is 1. The molecule has 1 saturated heterocycles. The van der Waals surface area contributed by atoms with Crippen LogP contribution in [0, 0.1) is 5.92 Å². The fraction of sp³-hybridized carbons (Fsp3) is 0.471. The van der Waals surface area contributed by atoms with Gasteiger partial charge in [-0.25, -0.2) is 13.4 Å². The Bertz CT molecular complexity index is 866. The van der Waals surface area contributed by atoms with Crippen LogP contribution in [0.25, 0.3) is 10.8 Å². The highest BCUT2D eigenvalue weighted by atomic mass is 35.5. The number of aromatic nitrogens is 1. The van der Waals surface area contributed by atoms with E-state index in [0.29, 0.717) is 18.2 Å². The largest absolute Gasteiger partial charge is 0.370 e. The van der Waals surface area contributed by atoms with Crippen LogP contribution in [-0.4, -0.2) is 45.2 Å². The van der Waals surface area contributed by atoms with Crippen LogP contribution in [-0.2, 0) is 9.84 Å². The fourth-order valence-corrected chi connectivity index (χ4v) is 4.53. The summed E-state index contributed by atoms with van der Waals surface area (Å²) < 4.78 is 35.9. The number of halogens is 2. The summed E-state index contributed by atoms with van der Waals surface area (Å²) >= 11 is 6.03. The first-order valence-corrected chi connectivity index (χ1v) is 10.3. The second-order valence-electron chi connectivity index (χ2n) is 6.65. The Kier molecular flexibility index (Phi) is 4.71. The lowest BCUT2D eigenvalue weighted by Gasteiger charge is -2.41. The Balaban J connectivity index is 1.94. The van der Waals surface area contributed by atoms with Crippen molar-refractivity contribution in [1.82, 2.24) is 4.98 Å². The standard InChI is InChI=1S/C17H20ClFN2O2S/c1-11(6-19)13-3-4-16(15-7-20-17(18)5-14(13)15)21-8-12(9-21)10-24(2,22)23/h3-5,7,11-12H,6,8-10H2,1-2H3/t11-/m0/s1. The summed E-state index contributed by atoms with van der Waals surface area (Å²) in [6.07, 6.45) is 2.98. The summed E-state index contributed by atoms with van der Waals surface area (Å²) in [5, 5.41) is 2.21. The number of nitrogens with zero attached hydrogens (tertiary/aromatic N) is 2. The quantitative estimate of drug-likeness (QED) is 0.756. The van der Waals surface area contributed by atoms with Crippen LogP contribution < -0.4 is 4.90 Å². The molecule has 130 valence electrons. The number of alkyl halides is 1. The Morgan fingerprint density at radius 2 is 2.08 bits per heavy atom. The van der Waals surface area contributed by atoms with Gasteiger partial charge in [0.25, 0.3) is 0 Å². The van der Waals surface area contributed by atoms with E-state index >= 15 is 0 Å². The number of sulfone groups is 1. The molecule has 1 aromatic heterocycles. The molecule has 0 spiro atoms. The molecule has 1 fully saturated rings. The second-order valence-corrected chi connectivity index (χ2v) is 9.22. The first-order valence-electron chi connectivity index (χ1n) is 7.85. The van der Waals surface area contributed by atoms with Gasteiger partial charge in [-0.1, -0.05) is 24.6 Å². The number of benzene rings is 1. The molecule has 0 saturated carbocycles. The van der Waals surface area contributed by atoms with Crippen molar-refractivity contribution in [1.29, 1.82) is 0 Å². The molecule has 0 N–H and O–H groups in total. The van der Waals surface area contributed by atoms with Crippen molar-refractivity contribution in [2.45, 2.75) is 12.8 Å². The Hall–Kier alpha value is -1.40. The number of hydrogen-bond acceptors (Lipinski definition) is 4. The molecule has 0 aliphatic carbocycles. The van der Waals surface area contributed by atoms with E-state index in [1.165, 1.54) is 6.26 Å². The molecule has 2 aromatic rings. The van der Waals surface area contributed by atoms with Gasteiger partial charge < -0.3 is 4.90 Å². The maximum absolute atomic E-state index is 13.1. The number of anilines is 1. The van der Waals surface area contributed by atoms with Gasteiger partial charge in [0.2, 0.25) is 0 Å². The van der Waals surface area contributed by atoms with Crippen molar-refractivity contribution in [2.24, 2.45) is 5.92 Å². The van der Waals surface area contributed by atoms with Crippen LogP contribution in [0.5, 0.6) is 0 Å². The van der Waals surface area contributed by atoms with Gasteiger partial charge in [0.15, 0.2) is 0 Å². The molecule has 24 heavy (non-hydrogen) atoms. The van der Waals surface area contributed by atoms with Crippen molar-refractivity contribution in [2.75, 3.05) is 36.7 Å². The van der Waals surface area contributed by atoms with Crippen LogP contribution in [0.15, 0.2) is 24.4 Å². The van der Waals surface area contributed by atoms with Gasteiger partial charge in [-0.05, 0) is 23.1 Å². The highest BCUT2D eigenvalue weighted by Crippen LogP contribution is 2.36. The van der Waals surface area contributed by atoms with E-state index in [1.54, 1.807) is 12.3 Å². The van der Waals surface area contributed by atoms with E-state index in [0.717, 1.165) is 22.0 Å². The minimum atomic E-state index is -2.96. The third kappa shape index (κ3) is 3.49. The van der Waals surface area contributed by atoms with E-state index in [-0.39, 0.29) is 17.6 Å². The van der Waals surface area contributed by atoms with Crippen molar-refractivity contribution in [3.8, 4) is 0 Å². The molecule has 0 amide bonds. The van der Waals surface area contributed by atoms with Crippen LogP contribution in [0.3, 0.4) is 0 Å². The monoisotopic (exact) mass is 370 g/mol. The van der Waals surface area contributed by atoms with Gasteiger partial charge in [0.05, 0.1) is 12.4 Å². The Morgan fingerprint density at radius 3 is 2.71 bits per heavy atom. The third-order valence-electron chi connectivity index (χ3n) is 4.48. The van der Waals surface area contributed by atoms with Gasteiger partial charge in [0.1, 0.15) is 15.0 Å². The second kappa shape index (κ2) is 6.48. The van der Waals surface area contributed by atoms with Crippen LogP contribution in [0.4, 0.5) is 10.1 Å². The van der Waals surface area contributed by atoms with E-state index in [9.17, 15) is 12.8 Å². The van der Waals surface area contributed by atoms with E-state index < -0.39 is 16.5 Å². The molecule has 0 radical (unpaired) electrons. The minimum Gasteiger partial charge on any atom is -0.370 e. The molecule has 2 heterocycles. The van der Waals surface area contributed by atoms with Gasteiger partial charge in [-0.2, -0.15) is 0 Å². The predicted octanol–water partition coefficient (Wildman–Crippen LogP) is 3.44. The number of hydrogen-bond donors (Lipinski definition) is 0. The normalized spacial score (nSPS) is 17.1. The van der Waals surface area contributed by atoms with E-state index in [1.807, 2.05) is 19.1 Å². The zero-order valence-corrected chi connectivity index (χ0v) is 15.2. The third-order valence-corrected chi connectivity index (χ3v) is 5.76. The van der Waals surface area contributed by atoms with Crippen molar-refractivity contribution in [3.05, 3.63) is 35.1 Å². The molecule has 1 atom stereocenters. The highest BCUT2D eigenvalue weighted by molar-refractivity contribution is 7.90.